The summed E-state index contributed by atoms with van der Waals surface area (Å²) in [6.45, 7) is 1.63. The summed E-state index contributed by atoms with van der Waals surface area (Å²) in [5.74, 6) is 1.32. The molecule has 1 aromatic carbocycles. The maximum atomic E-state index is 12.6. The number of para-hydroxylation sites is 2. The summed E-state index contributed by atoms with van der Waals surface area (Å²) >= 11 is 0. The predicted molar refractivity (Wildman–Crippen MR) is 81.2 cm³/mol. The molecule has 0 bridgehead atoms. The van der Waals surface area contributed by atoms with Gasteiger partial charge in [-0.25, -0.2) is 0 Å². The Morgan fingerprint density at radius 2 is 1.78 bits per heavy atom. The number of hydrogen-bond acceptors (Lipinski definition) is 5. The first-order chi connectivity index (χ1) is 11.3. The van der Waals surface area contributed by atoms with E-state index in [0.717, 1.165) is 12.8 Å². The lowest BCUT2D eigenvalue weighted by Crippen LogP contribution is -2.49. The van der Waals surface area contributed by atoms with Crippen molar-refractivity contribution in [2.75, 3.05) is 19.7 Å². The number of rotatable bonds is 2. The van der Waals surface area contributed by atoms with E-state index in [4.69, 9.17) is 9.47 Å². The second-order valence-electron chi connectivity index (χ2n) is 5.77. The predicted octanol–water partition coefficient (Wildman–Crippen LogP) is 1.28. The van der Waals surface area contributed by atoms with Crippen LogP contribution in [0.2, 0.25) is 0 Å². The molecule has 4 rings (SSSR count). The van der Waals surface area contributed by atoms with Gasteiger partial charge in [-0.15, -0.1) is 0 Å². The average molecular weight is 314 g/mol. The van der Waals surface area contributed by atoms with Crippen LogP contribution in [0.4, 0.5) is 0 Å². The number of carbonyl (C=O) groups excluding carboxylic acids is 1. The topological polar surface area (TPSA) is 69.5 Å². The van der Waals surface area contributed by atoms with Gasteiger partial charge in [0.2, 0.25) is 6.10 Å². The molecule has 2 aromatic rings. The minimum Gasteiger partial charge on any atom is -0.485 e. The van der Waals surface area contributed by atoms with Crippen molar-refractivity contribution in [3.8, 4) is 11.5 Å². The van der Waals surface area contributed by atoms with Gasteiger partial charge in [0.15, 0.2) is 11.5 Å². The number of amides is 1. The van der Waals surface area contributed by atoms with E-state index in [0.29, 0.717) is 24.6 Å². The Hall–Kier alpha value is -2.57. The molecule has 7 nitrogen and oxygen atoms in total. The van der Waals surface area contributed by atoms with Crippen molar-refractivity contribution in [3.63, 3.8) is 0 Å². The van der Waals surface area contributed by atoms with Gasteiger partial charge in [-0.05, 0) is 25.0 Å². The number of likely N-dealkylation sites (tertiary alicyclic amines) is 1. The lowest BCUT2D eigenvalue weighted by molar-refractivity contribution is -0.142. The minimum absolute atomic E-state index is 0.00798. The molecule has 1 aromatic heterocycles. The molecular formula is C16H18N4O3. The number of nitrogens with zero attached hydrogens (tertiary/aromatic N) is 4. The zero-order valence-electron chi connectivity index (χ0n) is 12.7. The van der Waals surface area contributed by atoms with E-state index in [9.17, 15) is 4.79 Å². The first-order valence-corrected chi connectivity index (χ1v) is 7.84. The van der Waals surface area contributed by atoms with Crippen molar-refractivity contribution < 1.29 is 14.3 Å². The fraction of sp³-hybridized carbons (Fsp3) is 0.438. The summed E-state index contributed by atoms with van der Waals surface area (Å²) in [7, 11) is 0. The van der Waals surface area contributed by atoms with Gasteiger partial charge in [-0.3, -0.25) is 4.79 Å². The van der Waals surface area contributed by atoms with E-state index in [-0.39, 0.29) is 18.6 Å². The van der Waals surface area contributed by atoms with Crippen LogP contribution in [0.3, 0.4) is 0 Å². The first-order valence-electron chi connectivity index (χ1n) is 7.84. The highest BCUT2D eigenvalue weighted by molar-refractivity contribution is 5.82. The van der Waals surface area contributed by atoms with Crippen molar-refractivity contribution in [2.24, 2.45) is 0 Å². The van der Waals surface area contributed by atoms with Gasteiger partial charge in [-0.1, -0.05) is 12.1 Å². The molecule has 0 spiro atoms. The summed E-state index contributed by atoms with van der Waals surface area (Å²) < 4.78 is 11.4. The van der Waals surface area contributed by atoms with Gasteiger partial charge in [-0.2, -0.15) is 15.0 Å². The molecular weight excluding hydrogens is 296 g/mol. The van der Waals surface area contributed by atoms with E-state index in [2.05, 4.69) is 10.2 Å². The van der Waals surface area contributed by atoms with Crippen molar-refractivity contribution >= 4 is 5.91 Å². The zero-order valence-corrected chi connectivity index (χ0v) is 12.7. The number of ether oxygens (including phenoxy) is 2. The van der Waals surface area contributed by atoms with Crippen LogP contribution in [0, 0.1) is 0 Å². The van der Waals surface area contributed by atoms with Crippen LogP contribution >= 0.6 is 0 Å². The SMILES string of the molecule is O=C(C1COc2ccccc2O1)N1CCC(n2nccn2)CC1. The Morgan fingerprint density at radius 3 is 2.52 bits per heavy atom. The third kappa shape index (κ3) is 2.74. The maximum Gasteiger partial charge on any atom is 0.267 e. The molecule has 2 aliphatic rings. The van der Waals surface area contributed by atoms with Crippen LogP contribution in [0.1, 0.15) is 18.9 Å². The Morgan fingerprint density at radius 1 is 1.09 bits per heavy atom. The van der Waals surface area contributed by atoms with Crippen molar-refractivity contribution in [3.05, 3.63) is 36.7 Å². The van der Waals surface area contributed by atoms with Crippen LogP contribution < -0.4 is 9.47 Å². The van der Waals surface area contributed by atoms with Crippen LogP contribution in [0.5, 0.6) is 11.5 Å². The van der Waals surface area contributed by atoms with Gasteiger partial charge in [0.05, 0.1) is 18.4 Å². The maximum absolute atomic E-state index is 12.6. The van der Waals surface area contributed by atoms with Crippen LogP contribution in [0.25, 0.3) is 0 Å². The molecule has 1 fully saturated rings. The molecule has 0 aliphatic carbocycles. The monoisotopic (exact) mass is 314 g/mol. The number of aromatic nitrogens is 3. The highest BCUT2D eigenvalue weighted by Crippen LogP contribution is 2.31. The van der Waals surface area contributed by atoms with E-state index < -0.39 is 6.10 Å². The third-order valence-electron chi connectivity index (χ3n) is 4.32. The summed E-state index contributed by atoms with van der Waals surface area (Å²) in [6, 6.07) is 7.69. The molecule has 2 aliphatic heterocycles. The van der Waals surface area contributed by atoms with Crippen molar-refractivity contribution in [1.29, 1.82) is 0 Å². The molecule has 0 saturated carbocycles. The Labute approximate surface area is 133 Å². The molecule has 1 unspecified atom stereocenters. The third-order valence-corrected chi connectivity index (χ3v) is 4.32. The molecule has 1 amide bonds. The van der Waals surface area contributed by atoms with Crippen molar-refractivity contribution in [2.45, 2.75) is 25.0 Å². The Kier molecular flexibility index (Phi) is 3.61. The minimum atomic E-state index is -0.565. The average Bonchev–Trinajstić information content (AvgIpc) is 3.15. The lowest BCUT2D eigenvalue weighted by Gasteiger charge is -2.35. The van der Waals surface area contributed by atoms with E-state index >= 15 is 0 Å². The summed E-state index contributed by atoms with van der Waals surface area (Å²) in [4.78, 5) is 16.2. The molecule has 0 radical (unpaired) electrons. The van der Waals surface area contributed by atoms with E-state index in [1.165, 1.54) is 0 Å². The zero-order chi connectivity index (χ0) is 15.6. The summed E-state index contributed by atoms with van der Waals surface area (Å²) in [5.41, 5.74) is 0. The molecule has 23 heavy (non-hydrogen) atoms. The molecule has 120 valence electrons. The molecule has 3 heterocycles. The summed E-state index contributed by atoms with van der Waals surface area (Å²) in [5, 5.41) is 8.36. The normalized spacial score (nSPS) is 21.2. The van der Waals surface area contributed by atoms with Gasteiger partial charge < -0.3 is 14.4 Å². The van der Waals surface area contributed by atoms with E-state index in [1.54, 1.807) is 17.2 Å². The van der Waals surface area contributed by atoms with Crippen molar-refractivity contribution in [1.82, 2.24) is 19.9 Å². The first kappa shape index (κ1) is 14.0. The summed E-state index contributed by atoms with van der Waals surface area (Å²) in [6.07, 6.45) is 4.50. The molecule has 1 atom stereocenters. The molecule has 0 N–H and O–H groups in total. The van der Waals surface area contributed by atoms with Gasteiger partial charge >= 0.3 is 0 Å². The number of fused-ring (bicyclic) bond motifs is 1. The van der Waals surface area contributed by atoms with Crippen LogP contribution in [-0.2, 0) is 4.79 Å². The Bertz CT molecular complexity index is 680. The van der Waals surface area contributed by atoms with Gasteiger partial charge in [0.1, 0.15) is 6.61 Å². The smallest absolute Gasteiger partial charge is 0.267 e. The largest absolute Gasteiger partial charge is 0.485 e. The number of benzene rings is 1. The highest BCUT2D eigenvalue weighted by atomic mass is 16.6. The standard InChI is InChI=1S/C16H18N4O3/c21-16(15-11-22-13-3-1-2-4-14(13)23-15)19-9-5-12(6-10-19)20-17-7-8-18-20/h1-4,7-8,12,15H,5-6,9-11H2. The van der Waals surface area contributed by atoms with Crippen LogP contribution in [0.15, 0.2) is 36.7 Å². The second-order valence-corrected chi connectivity index (χ2v) is 5.77. The fourth-order valence-electron chi connectivity index (χ4n) is 3.08. The fourth-order valence-corrected chi connectivity index (χ4v) is 3.08. The number of carbonyl (C=O) groups is 1. The lowest BCUT2D eigenvalue weighted by atomic mass is 10.0. The number of hydrogen-bond donors (Lipinski definition) is 0. The second kappa shape index (κ2) is 5.91. The van der Waals surface area contributed by atoms with E-state index in [1.807, 2.05) is 29.2 Å². The van der Waals surface area contributed by atoms with Crippen LogP contribution in [-0.4, -0.2) is 51.6 Å². The highest BCUT2D eigenvalue weighted by Gasteiger charge is 2.33. The molecule has 1 saturated heterocycles. The molecule has 7 heteroatoms. The van der Waals surface area contributed by atoms with Gasteiger partial charge in [0.25, 0.3) is 5.91 Å². The Balaban J connectivity index is 1.37. The van der Waals surface area contributed by atoms with Gasteiger partial charge in [0, 0.05) is 13.1 Å². The number of piperidine rings is 1. The quantitative estimate of drug-likeness (QED) is 0.835.